The van der Waals surface area contributed by atoms with Gasteiger partial charge >= 0.3 is 0 Å². The number of hydrogen-bond donors (Lipinski definition) is 1. The van der Waals surface area contributed by atoms with E-state index in [-0.39, 0.29) is 0 Å². The van der Waals surface area contributed by atoms with Crippen LogP contribution in [0.2, 0.25) is 0 Å². The van der Waals surface area contributed by atoms with Gasteiger partial charge in [-0.3, -0.25) is 0 Å². The summed E-state index contributed by atoms with van der Waals surface area (Å²) in [5, 5.41) is 10.9. The molecular formula is C12H10N4O2. The third-order valence-corrected chi connectivity index (χ3v) is 2.42. The Morgan fingerprint density at radius 1 is 0.944 bits per heavy atom. The molecular weight excluding hydrogens is 232 g/mol. The van der Waals surface area contributed by atoms with E-state index in [1.165, 1.54) is 0 Å². The Morgan fingerprint density at radius 2 is 1.61 bits per heavy atom. The Bertz CT molecular complexity index is 632. The van der Waals surface area contributed by atoms with Crippen molar-refractivity contribution in [1.29, 1.82) is 0 Å². The van der Waals surface area contributed by atoms with Gasteiger partial charge in [0.05, 0.1) is 12.5 Å². The highest BCUT2D eigenvalue weighted by molar-refractivity contribution is 5.72. The molecule has 0 amide bonds. The van der Waals surface area contributed by atoms with Crippen LogP contribution in [0.25, 0.3) is 22.9 Å². The predicted molar refractivity (Wildman–Crippen MR) is 64.8 cm³/mol. The largest absolute Gasteiger partial charge is 0.463 e. The predicted octanol–water partition coefficient (Wildman–Crippen LogP) is 2.43. The lowest BCUT2D eigenvalue weighted by molar-refractivity contribution is 0.570. The average Bonchev–Trinajstić information content (AvgIpc) is 3.11. The fourth-order valence-electron chi connectivity index (χ4n) is 1.60. The summed E-state index contributed by atoms with van der Waals surface area (Å²) < 4.78 is 10.7. The summed E-state index contributed by atoms with van der Waals surface area (Å²) in [6.07, 6.45) is 3.16. The summed E-state index contributed by atoms with van der Waals surface area (Å²) in [5.41, 5.74) is 1.14. The number of nitrogens with one attached hydrogen (secondary N) is 1. The van der Waals surface area contributed by atoms with Gasteiger partial charge < -0.3 is 14.2 Å². The highest BCUT2D eigenvalue weighted by atomic mass is 16.3. The molecule has 3 heterocycles. The smallest absolute Gasteiger partial charge is 0.243 e. The molecule has 0 spiro atoms. The molecule has 0 aliphatic rings. The highest BCUT2D eigenvalue weighted by Gasteiger charge is 2.16. The fourth-order valence-corrected chi connectivity index (χ4v) is 1.60. The normalized spacial score (nSPS) is 10.5. The molecule has 3 aromatic heterocycles. The maximum absolute atomic E-state index is 5.36. The number of furan rings is 2. The van der Waals surface area contributed by atoms with Crippen molar-refractivity contribution in [2.24, 2.45) is 0 Å². The van der Waals surface area contributed by atoms with E-state index in [1.54, 1.807) is 37.8 Å². The molecule has 1 N–H and O–H groups in total. The molecule has 0 saturated carbocycles. The molecule has 6 nitrogen and oxygen atoms in total. The summed E-state index contributed by atoms with van der Waals surface area (Å²) in [6.45, 7) is 0. The van der Waals surface area contributed by atoms with Crippen LogP contribution in [0.15, 0.2) is 45.6 Å². The molecule has 90 valence electrons. The Morgan fingerprint density at radius 3 is 2.17 bits per heavy atom. The van der Waals surface area contributed by atoms with Crippen molar-refractivity contribution < 1.29 is 8.83 Å². The number of anilines is 1. The van der Waals surface area contributed by atoms with Gasteiger partial charge in [-0.05, 0) is 24.3 Å². The first-order valence-electron chi connectivity index (χ1n) is 5.38. The van der Waals surface area contributed by atoms with Crippen LogP contribution in [-0.4, -0.2) is 22.2 Å². The summed E-state index contributed by atoms with van der Waals surface area (Å²) in [4.78, 5) is 4.35. The van der Waals surface area contributed by atoms with Crippen LogP contribution in [0.3, 0.4) is 0 Å². The van der Waals surface area contributed by atoms with Crippen LogP contribution >= 0.6 is 0 Å². The van der Waals surface area contributed by atoms with Gasteiger partial charge in [-0.15, -0.1) is 10.2 Å². The Labute approximate surface area is 103 Å². The van der Waals surface area contributed by atoms with E-state index in [9.17, 15) is 0 Å². The Balaban J connectivity index is 2.19. The van der Waals surface area contributed by atoms with Crippen LogP contribution in [-0.2, 0) is 0 Å². The maximum atomic E-state index is 5.36. The Kier molecular flexibility index (Phi) is 2.53. The molecule has 0 bridgehead atoms. The third-order valence-electron chi connectivity index (χ3n) is 2.42. The van der Waals surface area contributed by atoms with E-state index in [0.717, 1.165) is 0 Å². The average molecular weight is 242 g/mol. The molecule has 0 radical (unpaired) electrons. The first-order valence-corrected chi connectivity index (χ1v) is 5.38. The lowest BCUT2D eigenvalue weighted by Crippen LogP contribution is -2.02. The number of aromatic nitrogens is 3. The van der Waals surface area contributed by atoms with E-state index in [4.69, 9.17) is 8.83 Å². The maximum Gasteiger partial charge on any atom is 0.243 e. The van der Waals surface area contributed by atoms with Gasteiger partial charge in [0, 0.05) is 7.05 Å². The van der Waals surface area contributed by atoms with Crippen LogP contribution in [0, 0.1) is 0 Å². The third kappa shape index (κ3) is 1.73. The van der Waals surface area contributed by atoms with Crippen molar-refractivity contribution in [3.63, 3.8) is 0 Å². The minimum absolute atomic E-state index is 0.428. The Hall–Kier alpha value is -2.63. The summed E-state index contributed by atoms with van der Waals surface area (Å²) >= 11 is 0. The molecule has 0 atom stereocenters. The fraction of sp³-hybridized carbons (Fsp3) is 0.0833. The van der Waals surface area contributed by atoms with Crippen molar-refractivity contribution in [3.05, 3.63) is 36.8 Å². The number of hydrogen-bond acceptors (Lipinski definition) is 6. The second-order valence-electron chi connectivity index (χ2n) is 3.54. The SMILES string of the molecule is CNc1nnc(-c2ccco2)c(-c2ccco2)n1. The van der Waals surface area contributed by atoms with E-state index in [0.29, 0.717) is 28.9 Å². The van der Waals surface area contributed by atoms with E-state index < -0.39 is 0 Å². The topological polar surface area (TPSA) is 77.0 Å². The van der Waals surface area contributed by atoms with E-state index in [1.807, 2.05) is 6.07 Å². The van der Waals surface area contributed by atoms with Crippen LogP contribution in [0.1, 0.15) is 0 Å². The zero-order valence-corrected chi connectivity index (χ0v) is 9.62. The number of rotatable bonds is 3. The summed E-state index contributed by atoms with van der Waals surface area (Å²) in [6, 6.07) is 7.20. The standard InChI is InChI=1S/C12H10N4O2/c1-13-12-14-10(8-4-2-6-17-8)11(15-16-12)9-5-3-7-18-9/h2-7H,1H3,(H,13,14,16). The minimum Gasteiger partial charge on any atom is -0.463 e. The van der Waals surface area contributed by atoms with Gasteiger partial charge in [0.25, 0.3) is 0 Å². The molecule has 18 heavy (non-hydrogen) atoms. The van der Waals surface area contributed by atoms with Crippen LogP contribution in [0.4, 0.5) is 5.95 Å². The molecule has 0 unspecified atom stereocenters. The first kappa shape index (κ1) is 10.5. The zero-order valence-electron chi connectivity index (χ0n) is 9.62. The van der Waals surface area contributed by atoms with Crippen molar-refractivity contribution in [2.75, 3.05) is 12.4 Å². The molecule has 3 aromatic rings. The molecule has 0 fully saturated rings. The van der Waals surface area contributed by atoms with Gasteiger partial charge in [-0.25, -0.2) is 4.98 Å². The van der Waals surface area contributed by atoms with Gasteiger partial charge in [-0.1, -0.05) is 0 Å². The van der Waals surface area contributed by atoms with Gasteiger partial charge in [0.15, 0.2) is 17.2 Å². The van der Waals surface area contributed by atoms with Crippen LogP contribution in [0.5, 0.6) is 0 Å². The molecule has 6 heteroatoms. The summed E-state index contributed by atoms with van der Waals surface area (Å²) in [5.74, 6) is 1.65. The van der Waals surface area contributed by atoms with Crippen molar-refractivity contribution in [3.8, 4) is 22.9 Å². The molecule has 0 aliphatic carbocycles. The van der Waals surface area contributed by atoms with Crippen molar-refractivity contribution in [1.82, 2.24) is 15.2 Å². The van der Waals surface area contributed by atoms with Crippen molar-refractivity contribution >= 4 is 5.95 Å². The van der Waals surface area contributed by atoms with Gasteiger partial charge in [0.1, 0.15) is 5.69 Å². The summed E-state index contributed by atoms with van der Waals surface area (Å²) in [7, 11) is 1.73. The monoisotopic (exact) mass is 242 g/mol. The van der Waals surface area contributed by atoms with E-state index in [2.05, 4.69) is 20.5 Å². The van der Waals surface area contributed by atoms with Gasteiger partial charge in [0.2, 0.25) is 5.95 Å². The second-order valence-corrected chi connectivity index (χ2v) is 3.54. The molecule has 0 saturated heterocycles. The van der Waals surface area contributed by atoms with E-state index >= 15 is 0 Å². The molecule has 0 aliphatic heterocycles. The zero-order chi connectivity index (χ0) is 12.4. The van der Waals surface area contributed by atoms with Crippen molar-refractivity contribution in [2.45, 2.75) is 0 Å². The first-order chi connectivity index (χ1) is 8.88. The van der Waals surface area contributed by atoms with Gasteiger partial charge in [-0.2, -0.15) is 0 Å². The van der Waals surface area contributed by atoms with Crippen LogP contribution < -0.4 is 5.32 Å². The lowest BCUT2D eigenvalue weighted by Gasteiger charge is -2.04. The quantitative estimate of drug-likeness (QED) is 0.760. The minimum atomic E-state index is 0.428. The number of nitrogens with zero attached hydrogens (tertiary/aromatic N) is 3. The molecule has 0 aromatic carbocycles. The highest BCUT2D eigenvalue weighted by Crippen LogP contribution is 2.29. The lowest BCUT2D eigenvalue weighted by atomic mass is 10.2. The second kappa shape index (κ2) is 4.33. The molecule has 3 rings (SSSR count).